The zero-order valence-electron chi connectivity index (χ0n) is 23.1. The number of benzene rings is 3. The molecule has 8 nitrogen and oxygen atoms in total. The van der Waals surface area contributed by atoms with E-state index in [0.29, 0.717) is 22.6 Å². The SMILES string of the molecule is COc1ccc([C@@H]2[C@@H](C(=O)C(C)(C)C)N3N=Cc4ccccc4C3[C@@]23N=C(c2ccccc2)OC3=O)cc1OC. The molecule has 6 rings (SSSR count). The van der Waals surface area contributed by atoms with Crippen molar-refractivity contribution in [2.75, 3.05) is 14.2 Å². The first-order valence-corrected chi connectivity index (χ1v) is 13.3. The molecule has 204 valence electrons. The minimum absolute atomic E-state index is 0.0538. The molecule has 4 atom stereocenters. The van der Waals surface area contributed by atoms with Gasteiger partial charge >= 0.3 is 5.97 Å². The summed E-state index contributed by atoms with van der Waals surface area (Å²) in [5.41, 5.74) is 0.901. The second-order valence-corrected chi connectivity index (χ2v) is 11.3. The van der Waals surface area contributed by atoms with Crippen molar-refractivity contribution in [1.82, 2.24) is 5.01 Å². The van der Waals surface area contributed by atoms with E-state index in [1.165, 1.54) is 0 Å². The summed E-state index contributed by atoms with van der Waals surface area (Å²) in [4.78, 5) is 33.8. The van der Waals surface area contributed by atoms with Crippen LogP contribution >= 0.6 is 0 Å². The second kappa shape index (κ2) is 9.33. The van der Waals surface area contributed by atoms with Crippen LogP contribution < -0.4 is 9.47 Å². The van der Waals surface area contributed by atoms with E-state index in [2.05, 4.69) is 0 Å². The van der Waals surface area contributed by atoms with Crippen molar-refractivity contribution in [2.24, 2.45) is 15.5 Å². The van der Waals surface area contributed by atoms with Crippen LogP contribution in [-0.4, -0.2) is 54.7 Å². The van der Waals surface area contributed by atoms with E-state index < -0.39 is 34.9 Å². The van der Waals surface area contributed by atoms with Crippen molar-refractivity contribution >= 4 is 23.9 Å². The molecule has 1 spiro atoms. The number of ketones is 1. The number of Topliss-reactive ketones (excluding diaryl/α,β-unsaturated/α-hetero) is 1. The Hall–Kier alpha value is -4.46. The van der Waals surface area contributed by atoms with Gasteiger partial charge in [0, 0.05) is 11.0 Å². The van der Waals surface area contributed by atoms with Crippen LogP contribution in [0.25, 0.3) is 0 Å². The van der Waals surface area contributed by atoms with Crippen LogP contribution in [0.1, 0.15) is 55.0 Å². The van der Waals surface area contributed by atoms with Gasteiger partial charge in [-0.2, -0.15) is 5.10 Å². The van der Waals surface area contributed by atoms with Gasteiger partial charge in [-0.3, -0.25) is 9.80 Å². The lowest BCUT2D eigenvalue weighted by atomic mass is 9.70. The highest BCUT2D eigenvalue weighted by Crippen LogP contribution is 2.59. The number of nitrogens with zero attached hydrogens (tertiary/aromatic N) is 3. The number of carbonyl (C=O) groups excluding carboxylic acids is 2. The van der Waals surface area contributed by atoms with Gasteiger partial charge in [0.25, 0.3) is 0 Å². The maximum absolute atomic E-state index is 14.3. The maximum Gasteiger partial charge on any atom is 0.344 e. The second-order valence-electron chi connectivity index (χ2n) is 11.3. The molecule has 1 fully saturated rings. The first kappa shape index (κ1) is 25.8. The van der Waals surface area contributed by atoms with Gasteiger partial charge in [-0.25, -0.2) is 9.79 Å². The predicted octanol–water partition coefficient (Wildman–Crippen LogP) is 4.92. The summed E-state index contributed by atoms with van der Waals surface area (Å²) in [6, 6.07) is 21.1. The zero-order chi connectivity index (χ0) is 28.2. The third-order valence-electron chi connectivity index (χ3n) is 7.98. The Bertz CT molecular complexity index is 1560. The van der Waals surface area contributed by atoms with E-state index >= 15 is 0 Å². The Morgan fingerprint density at radius 1 is 0.950 bits per heavy atom. The van der Waals surface area contributed by atoms with Gasteiger partial charge in [0.1, 0.15) is 12.1 Å². The number of hydrogen-bond acceptors (Lipinski definition) is 8. The molecule has 1 unspecified atom stereocenters. The fourth-order valence-corrected chi connectivity index (χ4v) is 6.13. The molecule has 3 aliphatic heterocycles. The lowest BCUT2D eigenvalue weighted by Crippen LogP contribution is -2.45. The number of methoxy groups -OCH3 is 2. The van der Waals surface area contributed by atoms with E-state index in [-0.39, 0.29) is 11.7 Å². The minimum Gasteiger partial charge on any atom is -0.493 e. The van der Waals surface area contributed by atoms with Crippen LogP contribution in [0.15, 0.2) is 82.9 Å². The van der Waals surface area contributed by atoms with Crippen molar-refractivity contribution in [3.05, 3.63) is 95.1 Å². The van der Waals surface area contributed by atoms with Crippen molar-refractivity contribution in [2.45, 2.75) is 44.3 Å². The van der Waals surface area contributed by atoms with Crippen LogP contribution in [0.3, 0.4) is 0 Å². The van der Waals surface area contributed by atoms with Gasteiger partial charge in [0.15, 0.2) is 22.8 Å². The molecule has 0 aromatic heterocycles. The van der Waals surface area contributed by atoms with Gasteiger partial charge in [-0.1, -0.05) is 69.3 Å². The first-order chi connectivity index (χ1) is 19.2. The molecule has 3 heterocycles. The first-order valence-electron chi connectivity index (χ1n) is 13.3. The largest absolute Gasteiger partial charge is 0.493 e. The van der Waals surface area contributed by atoms with Gasteiger partial charge in [0.05, 0.1) is 26.4 Å². The fourth-order valence-electron chi connectivity index (χ4n) is 6.13. The van der Waals surface area contributed by atoms with Crippen molar-refractivity contribution < 1.29 is 23.8 Å². The summed E-state index contributed by atoms with van der Waals surface area (Å²) < 4.78 is 17.1. The van der Waals surface area contributed by atoms with Crippen LogP contribution in [0.4, 0.5) is 0 Å². The molecular weight excluding hydrogens is 506 g/mol. The molecule has 3 aromatic carbocycles. The molecule has 0 aliphatic carbocycles. The van der Waals surface area contributed by atoms with E-state index in [4.69, 9.17) is 24.3 Å². The third-order valence-corrected chi connectivity index (χ3v) is 7.98. The van der Waals surface area contributed by atoms with Crippen molar-refractivity contribution in [3.8, 4) is 11.5 Å². The number of aliphatic imine (C=N–C) groups is 1. The highest BCUT2D eigenvalue weighted by atomic mass is 16.6. The molecule has 3 aromatic rings. The molecule has 0 bridgehead atoms. The van der Waals surface area contributed by atoms with Gasteiger partial charge < -0.3 is 14.2 Å². The quantitative estimate of drug-likeness (QED) is 0.430. The zero-order valence-corrected chi connectivity index (χ0v) is 23.1. The van der Waals surface area contributed by atoms with Crippen molar-refractivity contribution in [1.29, 1.82) is 0 Å². The molecule has 40 heavy (non-hydrogen) atoms. The number of carbonyl (C=O) groups is 2. The average Bonchev–Trinajstić information content (AvgIpc) is 3.46. The number of cyclic esters (lactones) is 1. The maximum atomic E-state index is 14.3. The van der Waals surface area contributed by atoms with E-state index in [1.54, 1.807) is 31.5 Å². The van der Waals surface area contributed by atoms with E-state index in [0.717, 1.165) is 11.1 Å². The lowest BCUT2D eigenvalue weighted by Gasteiger charge is -2.35. The fraction of sp³-hybridized carbons (Fsp3) is 0.312. The Labute approximate surface area is 233 Å². The summed E-state index contributed by atoms with van der Waals surface area (Å²) in [6.07, 6.45) is 1.75. The van der Waals surface area contributed by atoms with Gasteiger partial charge in [0.2, 0.25) is 5.90 Å². The number of hydrogen-bond donors (Lipinski definition) is 0. The van der Waals surface area contributed by atoms with Gasteiger partial charge in [-0.15, -0.1) is 0 Å². The Morgan fingerprint density at radius 3 is 2.35 bits per heavy atom. The smallest absolute Gasteiger partial charge is 0.344 e. The molecule has 0 saturated carbocycles. The molecule has 0 N–H and O–H groups in total. The summed E-state index contributed by atoms with van der Waals surface area (Å²) in [5.74, 6) is -0.0443. The topological polar surface area (TPSA) is 89.8 Å². The van der Waals surface area contributed by atoms with Crippen LogP contribution in [-0.2, 0) is 14.3 Å². The number of ether oxygens (including phenoxy) is 3. The predicted molar refractivity (Wildman–Crippen MR) is 151 cm³/mol. The summed E-state index contributed by atoms with van der Waals surface area (Å²) >= 11 is 0. The highest BCUT2D eigenvalue weighted by Gasteiger charge is 2.71. The number of fused-ring (bicyclic) bond motifs is 4. The van der Waals surface area contributed by atoms with Crippen molar-refractivity contribution in [3.63, 3.8) is 0 Å². The molecule has 0 amide bonds. The molecule has 1 saturated heterocycles. The van der Waals surface area contributed by atoms with Crippen LogP contribution in [0, 0.1) is 5.41 Å². The standard InChI is InChI=1S/C32H31N3O5/c1-31(2,3)28(36)26-25(20-15-16-23(38-4)24(17-20)39-5)32(27-22-14-10-9-13-21(22)18-33-35(26)27)30(37)40-29(34-32)19-11-7-6-8-12-19/h6-18,25-27H,1-5H3/t25-,26+,27?,32+/m1/s1. The molecule has 0 radical (unpaired) electrons. The molecule has 3 aliphatic rings. The Kier molecular flexibility index (Phi) is 6.02. The number of hydrazone groups is 1. The number of rotatable bonds is 5. The monoisotopic (exact) mass is 537 g/mol. The summed E-state index contributed by atoms with van der Waals surface area (Å²) in [7, 11) is 3.13. The average molecular weight is 538 g/mol. The molecular formula is C32H31N3O5. The van der Waals surface area contributed by atoms with Crippen LogP contribution in [0.5, 0.6) is 11.5 Å². The van der Waals surface area contributed by atoms with E-state index in [9.17, 15) is 9.59 Å². The lowest BCUT2D eigenvalue weighted by molar-refractivity contribution is -0.140. The van der Waals surface area contributed by atoms with Gasteiger partial charge in [-0.05, 0) is 41.0 Å². The normalized spacial score (nSPS) is 24.8. The van der Waals surface area contributed by atoms with E-state index in [1.807, 2.05) is 87.5 Å². The number of esters is 1. The molecule has 8 heteroatoms. The Balaban J connectivity index is 1.67. The summed E-state index contributed by atoms with van der Waals surface area (Å²) in [5, 5.41) is 6.58. The highest BCUT2D eigenvalue weighted by molar-refractivity contribution is 6.10. The summed E-state index contributed by atoms with van der Waals surface area (Å²) in [6.45, 7) is 5.65. The van der Waals surface area contributed by atoms with Crippen LogP contribution in [0.2, 0.25) is 0 Å². The third kappa shape index (κ3) is 3.73. The minimum atomic E-state index is -1.50. The Morgan fingerprint density at radius 2 is 1.65 bits per heavy atom.